The van der Waals surface area contributed by atoms with Crippen molar-refractivity contribution in [2.24, 2.45) is 16.8 Å². The van der Waals surface area contributed by atoms with Gasteiger partial charge in [0.25, 0.3) is 11.8 Å². The van der Waals surface area contributed by atoms with Crippen LogP contribution >= 0.6 is 0 Å². The zero-order valence-electron chi connectivity index (χ0n) is 48.6. The molecule has 25 heteroatoms. The Morgan fingerprint density at radius 3 is 2.08 bits per heavy atom. The highest BCUT2D eigenvalue weighted by Crippen LogP contribution is 2.43. The molecule has 0 radical (unpaired) electrons. The molecule has 0 saturated carbocycles. The van der Waals surface area contributed by atoms with E-state index in [0.717, 1.165) is 15.4 Å². The first-order chi connectivity index (χ1) is 40.6. The lowest BCUT2D eigenvalue weighted by molar-refractivity contribution is -0.139. The van der Waals surface area contributed by atoms with E-state index in [1.54, 1.807) is 68.3 Å². The van der Waals surface area contributed by atoms with E-state index in [0.29, 0.717) is 59.0 Å². The third-order valence-corrected chi connectivity index (χ3v) is 15.1. The molecular formula is C60H73N9O16. The van der Waals surface area contributed by atoms with E-state index < -0.39 is 54.1 Å². The summed E-state index contributed by atoms with van der Waals surface area (Å²) in [6, 6.07) is 9.53. The van der Waals surface area contributed by atoms with Gasteiger partial charge in [0.15, 0.2) is 29.2 Å². The smallest absolute Gasteiger partial charge is 0.416 e. The van der Waals surface area contributed by atoms with Crippen LogP contribution in [0.15, 0.2) is 77.8 Å². The number of benzene rings is 3. The summed E-state index contributed by atoms with van der Waals surface area (Å²) < 4.78 is 34.8. The lowest BCUT2D eigenvalue weighted by Gasteiger charge is -2.31. The number of fused-ring (bicyclic) bond motifs is 4. The third kappa shape index (κ3) is 14.7. The molecule has 3 fully saturated rings. The van der Waals surface area contributed by atoms with Gasteiger partial charge < -0.3 is 64.6 Å². The Hall–Kier alpha value is -8.84. The van der Waals surface area contributed by atoms with Gasteiger partial charge in [-0.1, -0.05) is 57.2 Å². The molecule has 0 bridgehead atoms. The fraction of sp³-hybridized carbons (Fsp3) is 0.467. The average Bonchev–Trinajstić information content (AvgIpc) is 1.93. The van der Waals surface area contributed by atoms with Gasteiger partial charge in [0.2, 0.25) is 35.4 Å². The van der Waals surface area contributed by atoms with Crippen LogP contribution in [0, 0.1) is 11.8 Å². The highest BCUT2D eigenvalue weighted by atomic mass is 16.6. The number of hydrogen-bond acceptors (Lipinski definition) is 17. The summed E-state index contributed by atoms with van der Waals surface area (Å²) >= 11 is 0. The van der Waals surface area contributed by atoms with Gasteiger partial charge in [0, 0.05) is 81.8 Å². The molecule has 0 aliphatic carbocycles. The van der Waals surface area contributed by atoms with Crippen LogP contribution in [-0.2, 0) is 44.8 Å². The van der Waals surface area contributed by atoms with E-state index in [-0.39, 0.29) is 143 Å². The summed E-state index contributed by atoms with van der Waals surface area (Å²) in [6.07, 6.45) is 0.448. The van der Waals surface area contributed by atoms with Gasteiger partial charge in [-0.05, 0) is 55.5 Å². The van der Waals surface area contributed by atoms with Crippen LogP contribution in [0.3, 0.4) is 0 Å². The highest BCUT2D eigenvalue weighted by molar-refractivity contribution is 6.07. The number of ether oxygens (including phenoxy) is 6. The molecule has 85 heavy (non-hydrogen) atoms. The van der Waals surface area contributed by atoms with Crippen molar-refractivity contribution in [3.8, 4) is 23.0 Å². The van der Waals surface area contributed by atoms with Crippen molar-refractivity contribution in [3.63, 3.8) is 0 Å². The fourth-order valence-corrected chi connectivity index (χ4v) is 10.4. The summed E-state index contributed by atoms with van der Waals surface area (Å²) in [7, 11) is 2.89. The number of nitrogens with zero attached hydrogens (tertiary/aromatic N) is 5. The number of amides is 9. The number of methoxy groups -OCH3 is 2. The Balaban J connectivity index is 0.813. The number of aliphatic hydroxyl groups excluding tert-OH is 1. The minimum Gasteiger partial charge on any atom is -0.493 e. The van der Waals surface area contributed by atoms with Gasteiger partial charge in [-0.15, -0.1) is 0 Å². The van der Waals surface area contributed by atoms with Crippen molar-refractivity contribution >= 4 is 76.6 Å². The van der Waals surface area contributed by atoms with Gasteiger partial charge >= 0.3 is 6.09 Å². The summed E-state index contributed by atoms with van der Waals surface area (Å²) in [5.41, 5.74) is 3.44. The quantitative estimate of drug-likeness (QED) is 0.0452. The maximum atomic E-state index is 14.2. The normalized spacial score (nSPS) is 19.5. The molecule has 5 N–H and O–H groups in total. The molecule has 6 atom stereocenters. The second kappa shape index (κ2) is 27.7. The fourth-order valence-electron chi connectivity index (χ4n) is 10.4. The molecule has 454 valence electrons. The highest BCUT2D eigenvalue weighted by Gasteiger charge is 2.47. The largest absolute Gasteiger partial charge is 0.493 e. The molecular weight excluding hydrogens is 1100 g/mol. The molecule has 5 heterocycles. The minimum absolute atomic E-state index is 0.000262. The van der Waals surface area contributed by atoms with Crippen LogP contribution in [0.5, 0.6) is 23.0 Å². The van der Waals surface area contributed by atoms with Crippen molar-refractivity contribution < 1.29 is 76.7 Å². The average molecular weight is 1180 g/mol. The van der Waals surface area contributed by atoms with E-state index in [1.165, 1.54) is 38.2 Å². The van der Waals surface area contributed by atoms with Gasteiger partial charge in [-0.3, -0.25) is 48.2 Å². The molecule has 0 aromatic heterocycles. The Labute approximate surface area is 492 Å². The number of carbonyl (C=O) groups excluding carboxylic acids is 9. The summed E-state index contributed by atoms with van der Waals surface area (Å²) in [5.74, 6) is -2.82. The van der Waals surface area contributed by atoms with Crippen molar-refractivity contribution in [2.75, 3.05) is 77.0 Å². The standard InChI is InChI=1S/C60H73N9O16/c1-33(2)53(65-51(71)15-20-82-21-16-61-50(70)14-17-66-52(72)24-36(5)56(66)75)55(74)63-37(6)54(73)64-39-12-10-38(11-13-39)32-85-60(79)69-44-28-49(47(81-8)26-42(44)58(77)68-31-35(4)23-45(68)59(69)78)84-19-9-18-83-48-27-43-41(25-46(48)80-7)57(76)67-30-34(3)22-40(67)29-62-43/h10-13,25-29,33,36-37,40,45,53,59,78H,3-4,9,14-24,30-32H2,1-2,5-8H3,(H,61,70)(H,63,74)(H,64,73)(H,65,71)/t36?,37-,40-,45-,53-,59-/m0/s1. The SMILES string of the molecule is C=C1C[C@H]2C=Nc3cc(OCCCOc4cc5c(cc4OC)C(=O)N4CC(=C)C[C@H]4[C@H](O)N5C(=O)OCc4ccc(NC(=O)[C@H](C)NC(=O)[C@@H](NC(=O)CCOCCNC(=O)CCN5C(=O)CC(C)C5=O)C(C)C)cc4)c(OC)cc3C(=O)N2C1. The molecule has 1 unspecified atom stereocenters. The molecule has 5 aliphatic rings. The molecule has 3 aromatic rings. The van der Waals surface area contributed by atoms with E-state index in [2.05, 4.69) is 39.4 Å². The number of nitrogens with one attached hydrogen (secondary N) is 4. The number of rotatable bonds is 25. The second-order valence-electron chi connectivity index (χ2n) is 21.8. The Morgan fingerprint density at radius 1 is 0.753 bits per heavy atom. The van der Waals surface area contributed by atoms with Crippen molar-refractivity contribution in [2.45, 2.75) is 103 Å². The van der Waals surface area contributed by atoms with Gasteiger partial charge in [0.05, 0.1) is 75.2 Å². The number of carbonyl (C=O) groups is 9. The number of imide groups is 1. The van der Waals surface area contributed by atoms with Crippen molar-refractivity contribution in [3.05, 3.63) is 89.5 Å². The zero-order chi connectivity index (χ0) is 61.2. The van der Waals surface area contributed by atoms with Crippen LogP contribution < -0.4 is 45.1 Å². The predicted octanol–water partition coefficient (Wildman–Crippen LogP) is 4.18. The first-order valence-corrected chi connectivity index (χ1v) is 28.2. The summed E-state index contributed by atoms with van der Waals surface area (Å²) in [5, 5.41) is 22.6. The Kier molecular flexibility index (Phi) is 20.3. The van der Waals surface area contributed by atoms with E-state index >= 15 is 0 Å². The molecule has 3 saturated heterocycles. The van der Waals surface area contributed by atoms with Crippen LogP contribution in [0.1, 0.15) is 92.5 Å². The van der Waals surface area contributed by atoms with Crippen molar-refractivity contribution in [1.29, 1.82) is 0 Å². The first-order valence-electron chi connectivity index (χ1n) is 28.2. The van der Waals surface area contributed by atoms with Gasteiger partial charge in [0.1, 0.15) is 18.7 Å². The molecule has 0 spiro atoms. The number of anilines is 2. The lowest BCUT2D eigenvalue weighted by atomic mass is 10.0. The van der Waals surface area contributed by atoms with Crippen LogP contribution in [0.25, 0.3) is 0 Å². The van der Waals surface area contributed by atoms with E-state index in [4.69, 9.17) is 28.4 Å². The van der Waals surface area contributed by atoms with Gasteiger partial charge in [-0.25, -0.2) is 9.69 Å². The zero-order valence-corrected chi connectivity index (χ0v) is 48.6. The number of aliphatic hydroxyl groups is 1. The maximum absolute atomic E-state index is 14.2. The van der Waals surface area contributed by atoms with E-state index in [1.807, 2.05) is 0 Å². The molecule has 5 aliphatic heterocycles. The molecule has 9 amide bonds. The van der Waals surface area contributed by atoms with Gasteiger partial charge in [-0.2, -0.15) is 0 Å². The molecule has 8 rings (SSSR count). The third-order valence-electron chi connectivity index (χ3n) is 15.1. The molecule has 25 nitrogen and oxygen atoms in total. The number of aliphatic imine (C=N–C) groups is 1. The monoisotopic (exact) mass is 1180 g/mol. The maximum Gasteiger partial charge on any atom is 0.416 e. The molecule has 3 aromatic carbocycles. The summed E-state index contributed by atoms with van der Waals surface area (Å²) in [6.45, 7) is 15.5. The minimum atomic E-state index is -1.56. The van der Waals surface area contributed by atoms with E-state index in [9.17, 15) is 48.3 Å². The first kappa shape index (κ1) is 62.2. The Morgan fingerprint density at radius 2 is 1.41 bits per heavy atom. The number of likely N-dealkylation sites (tertiary alicyclic amines) is 1. The van der Waals surface area contributed by atoms with Crippen molar-refractivity contribution in [1.82, 2.24) is 30.7 Å². The van der Waals surface area contributed by atoms with Crippen LogP contribution in [-0.4, -0.2) is 177 Å². The topological polar surface area (TPSA) is 303 Å². The Bertz CT molecular complexity index is 3150. The second-order valence-corrected chi connectivity index (χ2v) is 21.8. The van der Waals surface area contributed by atoms with Crippen LogP contribution in [0.2, 0.25) is 0 Å². The van der Waals surface area contributed by atoms with Crippen LogP contribution in [0.4, 0.5) is 21.9 Å². The number of hydrogen-bond donors (Lipinski definition) is 5. The predicted molar refractivity (Wildman–Crippen MR) is 309 cm³/mol. The lowest BCUT2D eigenvalue weighted by Crippen LogP contribution is -2.53. The summed E-state index contributed by atoms with van der Waals surface area (Å²) in [4.78, 5) is 127.